The minimum Gasteiger partial charge on any atom is -0.481 e. The highest BCUT2D eigenvalue weighted by Crippen LogP contribution is 2.40. The lowest BCUT2D eigenvalue weighted by Crippen LogP contribution is -2.40. The van der Waals surface area contributed by atoms with Gasteiger partial charge in [0.1, 0.15) is 0 Å². The number of nitrogens with one attached hydrogen (secondary N) is 1. The average Bonchev–Trinajstić information content (AvgIpc) is 2.63. The summed E-state index contributed by atoms with van der Waals surface area (Å²) in [6, 6.07) is 4.60. The van der Waals surface area contributed by atoms with Crippen LogP contribution in [0.25, 0.3) is 0 Å². The minimum atomic E-state index is -4.57. The number of carbonyl (C=O) groups excluding carboxylic acids is 1. The first kappa shape index (κ1) is 24.3. The number of carboxylic acids is 1. The monoisotopic (exact) mass is 463 g/mol. The molecule has 4 nitrogen and oxygen atoms in total. The summed E-state index contributed by atoms with van der Waals surface area (Å²) in [6.07, 6.45) is 0.0846. The predicted molar refractivity (Wildman–Crippen MR) is 111 cm³/mol. The quantitative estimate of drug-likeness (QED) is 0.493. The molecular formula is C21H22Cl2F3NO3. The van der Waals surface area contributed by atoms with E-state index in [0.717, 1.165) is 6.92 Å². The first-order valence-electron chi connectivity index (χ1n) is 9.32. The summed E-state index contributed by atoms with van der Waals surface area (Å²) in [5, 5.41) is 12.0. The van der Waals surface area contributed by atoms with Crippen molar-refractivity contribution in [2.24, 2.45) is 17.8 Å². The number of hydrogen-bond acceptors (Lipinski definition) is 2. The Morgan fingerprint density at radius 3 is 2.47 bits per heavy atom. The van der Waals surface area contributed by atoms with Gasteiger partial charge in [-0.1, -0.05) is 55.3 Å². The number of aliphatic carboxylic acids is 1. The van der Waals surface area contributed by atoms with Gasteiger partial charge in [0.15, 0.2) is 0 Å². The number of carboxylic acid groups (broad SMARTS) is 1. The van der Waals surface area contributed by atoms with Crippen LogP contribution >= 0.6 is 23.2 Å². The predicted octanol–water partition coefficient (Wildman–Crippen LogP) is 6.37. The van der Waals surface area contributed by atoms with Gasteiger partial charge in [0.25, 0.3) is 0 Å². The van der Waals surface area contributed by atoms with Crippen molar-refractivity contribution in [3.05, 3.63) is 52.0 Å². The first-order valence-corrected chi connectivity index (χ1v) is 10.1. The van der Waals surface area contributed by atoms with Crippen LogP contribution < -0.4 is 5.32 Å². The molecule has 1 amide bonds. The Morgan fingerprint density at radius 1 is 1.27 bits per heavy atom. The van der Waals surface area contributed by atoms with Crippen LogP contribution in [0.2, 0.25) is 5.02 Å². The van der Waals surface area contributed by atoms with Gasteiger partial charge in [-0.05, 0) is 42.0 Å². The molecule has 0 fully saturated rings. The Bertz CT molecular complexity index is 868. The molecule has 1 aliphatic rings. The van der Waals surface area contributed by atoms with E-state index in [1.807, 2.05) is 0 Å². The lowest BCUT2D eigenvalue weighted by molar-refractivity contribution is -0.188. The molecule has 30 heavy (non-hydrogen) atoms. The lowest BCUT2D eigenvalue weighted by atomic mass is 9.78. The van der Waals surface area contributed by atoms with Crippen LogP contribution in [0.15, 0.2) is 41.5 Å². The summed E-state index contributed by atoms with van der Waals surface area (Å²) in [6.45, 7) is 2.67. The highest BCUT2D eigenvalue weighted by molar-refractivity contribution is 6.33. The summed E-state index contributed by atoms with van der Waals surface area (Å²) >= 11 is 12.0. The molecule has 4 atom stereocenters. The number of benzene rings is 1. The molecule has 1 aromatic carbocycles. The third kappa shape index (κ3) is 6.25. The lowest BCUT2D eigenvalue weighted by Gasteiger charge is -2.31. The molecule has 0 heterocycles. The van der Waals surface area contributed by atoms with Gasteiger partial charge >= 0.3 is 12.1 Å². The van der Waals surface area contributed by atoms with E-state index in [4.69, 9.17) is 28.3 Å². The molecular weight excluding hydrogens is 442 g/mol. The van der Waals surface area contributed by atoms with E-state index in [0.29, 0.717) is 10.6 Å². The molecule has 0 saturated carbocycles. The van der Waals surface area contributed by atoms with E-state index < -0.39 is 35.8 Å². The van der Waals surface area contributed by atoms with Gasteiger partial charge in [-0.3, -0.25) is 9.59 Å². The van der Waals surface area contributed by atoms with Crippen LogP contribution in [-0.2, 0) is 9.59 Å². The molecule has 0 saturated heterocycles. The van der Waals surface area contributed by atoms with Gasteiger partial charge in [0.2, 0.25) is 5.91 Å². The van der Waals surface area contributed by atoms with Gasteiger partial charge in [-0.15, -0.1) is 0 Å². The standard InChI is InChI=1S/C21H22Cl2F3NO3/c1-11(9-18(28)29)14-5-8-16(23)17(10-14)27-20(30)19(12(2)21(24,25)26)13-3-6-15(22)7-4-13/h3,5-8,10-13,19H,4,9H2,1-2H3,(H,27,30)(H,28,29)/t11-,12+,13?,19-/m0/s1. The van der Waals surface area contributed by atoms with E-state index in [9.17, 15) is 22.8 Å². The van der Waals surface area contributed by atoms with E-state index in [1.54, 1.807) is 19.1 Å². The van der Waals surface area contributed by atoms with E-state index in [1.165, 1.54) is 24.3 Å². The SMILES string of the molecule is C[C@H]([C@H](C(=O)Nc1cc([C@@H](C)CC(=O)O)ccc1Cl)C1C=CC(Cl)=CC1)C(F)(F)F. The molecule has 0 radical (unpaired) electrons. The number of anilines is 1. The van der Waals surface area contributed by atoms with Crippen LogP contribution in [0.5, 0.6) is 0 Å². The summed E-state index contributed by atoms with van der Waals surface area (Å²) < 4.78 is 40.4. The number of carbonyl (C=O) groups is 2. The fourth-order valence-corrected chi connectivity index (χ4v) is 3.74. The van der Waals surface area contributed by atoms with Crippen molar-refractivity contribution >= 4 is 40.8 Å². The maximum atomic E-state index is 13.5. The second kappa shape index (κ2) is 9.88. The highest BCUT2D eigenvalue weighted by Gasteiger charge is 2.46. The van der Waals surface area contributed by atoms with Crippen molar-refractivity contribution in [3.8, 4) is 0 Å². The molecule has 0 bridgehead atoms. The molecule has 1 unspecified atom stereocenters. The number of hydrogen-bond donors (Lipinski definition) is 2. The molecule has 2 rings (SSSR count). The normalized spacial score (nSPS) is 19.6. The van der Waals surface area contributed by atoms with Crippen molar-refractivity contribution in [2.45, 2.75) is 38.8 Å². The molecule has 0 aliphatic heterocycles. The fourth-order valence-electron chi connectivity index (χ4n) is 3.41. The number of allylic oxidation sites excluding steroid dienone is 4. The van der Waals surface area contributed by atoms with Gasteiger partial charge in [-0.2, -0.15) is 13.2 Å². The summed E-state index contributed by atoms with van der Waals surface area (Å²) in [5.74, 6) is -6.14. The van der Waals surface area contributed by atoms with E-state index in [2.05, 4.69) is 5.32 Å². The van der Waals surface area contributed by atoms with Crippen LogP contribution in [0.4, 0.5) is 18.9 Å². The Hall–Kier alpha value is -1.99. The van der Waals surface area contributed by atoms with E-state index in [-0.39, 0.29) is 29.5 Å². The maximum absolute atomic E-state index is 13.5. The van der Waals surface area contributed by atoms with Gasteiger partial charge in [0, 0.05) is 5.03 Å². The largest absolute Gasteiger partial charge is 0.481 e. The van der Waals surface area contributed by atoms with Crippen LogP contribution in [-0.4, -0.2) is 23.2 Å². The number of halogens is 5. The maximum Gasteiger partial charge on any atom is 0.392 e. The number of rotatable bonds is 7. The molecule has 1 aliphatic carbocycles. The van der Waals surface area contributed by atoms with Crippen molar-refractivity contribution in [1.82, 2.24) is 0 Å². The van der Waals surface area contributed by atoms with Crippen LogP contribution in [0.1, 0.15) is 38.2 Å². The Kier molecular flexibility index (Phi) is 7.99. The second-order valence-corrected chi connectivity index (χ2v) is 8.27. The fraction of sp³-hybridized carbons (Fsp3) is 0.429. The molecule has 0 aromatic heterocycles. The van der Waals surface area contributed by atoms with Gasteiger partial charge < -0.3 is 10.4 Å². The zero-order valence-corrected chi connectivity index (χ0v) is 17.9. The minimum absolute atomic E-state index is 0.136. The van der Waals surface area contributed by atoms with Crippen molar-refractivity contribution in [3.63, 3.8) is 0 Å². The third-order valence-electron chi connectivity index (χ3n) is 5.20. The van der Waals surface area contributed by atoms with E-state index >= 15 is 0 Å². The second-order valence-electron chi connectivity index (χ2n) is 7.43. The van der Waals surface area contributed by atoms with Gasteiger partial charge in [0.05, 0.1) is 29.0 Å². The molecule has 9 heteroatoms. The van der Waals surface area contributed by atoms with Crippen molar-refractivity contribution < 1.29 is 27.9 Å². The Morgan fingerprint density at radius 2 is 1.93 bits per heavy atom. The molecule has 2 N–H and O–H groups in total. The van der Waals surface area contributed by atoms with Crippen molar-refractivity contribution in [1.29, 1.82) is 0 Å². The zero-order chi connectivity index (χ0) is 22.6. The smallest absolute Gasteiger partial charge is 0.392 e. The first-order chi connectivity index (χ1) is 13.9. The average molecular weight is 464 g/mol. The Labute approximate surface area is 182 Å². The van der Waals surface area contributed by atoms with Crippen LogP contribution in [0, 0.1) is 17.8 Å². The summed E-state index contributed by atoms with van der Waals surface area (Å²) in [4.78, 5) is 23.9. The summed E-state index contributed by atoms with van der Waals surface area (Å²) in [5.41, 5.74) is 0.744. The number of alkyl halides is 3. The third-order valence-corrected chi connectivity index (χ3v) is 5.81. The molecule has 164 valence electrons. The molecule has 1 aromatic rings. The summed E-state index contributed by atoms with van der Waals surface area (Å²) in [7, 11) is 0. The zero-order valence-electron chi connectivity index (χ0n) is 16.3. The Balaban J connectivity index is 2.31. The van der Waals surface area contributed by atoms with Crippen molar-refractivity contribution in [2.75, 3.05) is 5.32 Å². The van der Waals surface area contributed by atoms with Gasteiger partial charge in [-0.25, -0.2) is 0 Å². The van der Waals surface area contributed by atoms with Crippen LogP contribution in [0.3, 0.4) is 0 Å². The number of amides is 1. The molecule has 0 spiro atoms. The highest BCUT2D eigenvalue weighted by atomic mass is 35.5. The topological polar surface area (TPSA) is 66.4 Å².